The van der Waals surface area contributed by atoms with E-state index in [0.717, 1.165) is 43.1 Å². The van der Waals surface area contributed by atoms with Gasteiger partial charge in [0.2, 0.25) is 0 Å². The van der Waals surface area contributed by atoms with Gasteiger partial charge in [0.15, 0.2) is 0 Å². The largest absolute Gasteiger partial charge is 0.387 e. The summed E-state index contributed by atoms with van der Waals surface area (Å²) in [6.45, 7) is 6.10. The molecule has 0 bridgehead atoms. The molecule has 3 nitrogen and oxygen atoms in total. The van der Waals surface area contributed by atoms with Gasteiger partial charge in [-0.3, -0.25) is 4.79 Å². The van der Waals surface area contributed by atoms with E-state index in [4.69, 9.17) is 0 Å². The van der Waals surface area contributed by atoms with Crippen LogP contribution in [0.4, 0.5) is 5.69 Å². The molecule has 0 aromatic heterocycles. The van der Waals surface area contributed by atoms with Gasteiger partial charge in [-0.05, 0) is 49.8 Å². The average Bonchev–Trinajstić information content (AvgIpc) is 2.72. The summed E-state index contributed by atoms with van der Waals surface area (Å²) in [5.74, 6) is 0.978. The highest BCUT2D eigenvalue weighted by Gasteiger charge is 2.22. The summed E-state index contributed by atoms with van der Waals surface area (Å²) in [5, 5.41) is 3.15. The number of likely N-dealkylation sites (tertiary alicyclic amines) is 1. The van der Waals surface area contributed by atoms with E-state index in [1.807, 2.05) is 30.1 Å². The van der Waals surface area contributed by atoms with Gasteiger partial charge in [0, 0.05) is 25.8 Å². The SMILES string of the molecule is CCCC1CCCN(C(=O)c2ccc(C)cc2NC)CC1. The molecule has 1 aromatic rings. The molecule has 1 atom stereocenters. The summed E-state index contributed by atoms with van der Waals surface area (Å²) in [6, 6.07) is 6.02. The van der Waals surface area contributed by atoms with Gasteiger partial charge in [0.05, 0.1) is 5.56 Å². The summed E-state index contributed by atoms with van der Waals surface area (Å²) in [4.78, 5) is 14.8. The van der Waals surface area contributed by atoms with Crippen LogP contribution in [0.3, 0.4) is 0 Å². The van der Waals surface area contributed by atoms with Crippen LogP contribution in [0.1, 0.15) is 54.9 Å². The van der Waals surface area contributed by atoms with Gasteiger partial charge in [-0.1, -0.05) is 25.8 Å². The molecular formula is C18H28N2O. The Morgan fingerprint density at radius 2 is 2.14 bits per heavy atom. The number of hydrogen-bond donors (Lipinski definition) is 1. The zero-order chi connectivity index (χ0) is 15.2. The number of carbonyl (C=O) groups excluding carboxylic acids is 1. The van der Waals surface area contributed by atoms with Crippen LogP contribution in [0.5, 0.6) is 0 Å². The molecule has 0 aliphatic carbocycles. The first kappa shape index (κ1) is 15.9. The third kappa shape index (κ3) is 3.99. The molecule has 2 rings (SSSR count). The highest BCUT2D eigenvalue weighted by atomic mass is 16.2. The molecule has 3 heteroatoms. The normalized spacial score (nSPS) is 19.2. The van der Waals surface area contributed by atoms with E-state index >= 15 is 0 Å². The first-order chi connectivity index (χ1) is 10.2. The third-order valence-electron chi connectivity index (χ3n) is 4.51. The van der Waals surface area contributed by atoms with Crippen LogP contribution >= 0.6 is 0 Å². The topological polar surface area (TPSA) is 32.3 Å². The number of carbonyl (C=O) groups is 1. The second kappa shape index (κ2) is 7.48. The van der Waals surface area contributed by atoms with Crippen LogP contribution in [-0.4, -0.2) is 30.9 Å². The van der Waals surface area contributed by atoms with Crippen LogP contribution < -0.4 is 5.32 Å². The van der Waals surface area contributed by atoms with E-state index in [1.54, 1.807) is 0 Å². The maximum absolute atomic E-state index is 12.8. The number of benzene rings is 1. The molecule has 1 heterocycles. The van der Waals surface area contributed by atoms with Crippen molar-refractivity contribution in [2.45, 2.75) is 46.0 Å². The standard InChI is InChI=1S/C18H28N2O/c1-4-6-15-7-5-11-20(12-10-15)18(21)16-9-8-14(2)13-17(16)19-3/h8-9,13,15,19H,4-7,10-12H2,1-3H3. The van der Waals surface area contributed by atoms with Crippen LogP contribution in [0.2, 0.25) is 0 Å². The molecule has 1 fully saturated rings. The van der Waals surface area contributed by atoms with Gasteiger partial charge in [-0.15, -0.1) is 0 Å². The Bertz CT molecular complexity index is 484. The molecule has 1 aliphatic rings. The highest BCUT2D eigenvalue weighted by Crippen LogP contribution is 2.25. The molecular weight excluding hydrogens is 260 g/mol. The number of hydrogen-bond acceptors (Lipinski definition) is 2. The van der Waals surface area contributed by atoms with E-state index in [-0.39, 0.29) is 5.91 Å². The van der Waals surface area contributed by atoms with Crippen molar-refractivity contribution < 1.29 is 4.79 Å². The first-order valence-electron chi connectivity index (χ1n) is 8.23. The van der Waals surface area contributed by atoms with Crippen LogP contribution in [0, 0.1) is 12.8 Å². The minimum absolute atomic E-state index is 0.177. The van der Waals surface area contributed by atoms with Crippen molar-refractivity contribution in [3.8, 4) is 0 Å². The minimum atomic E-state index is 0.177. The second-order valence-electron chi connectivity index (χ2n) is 6.18. The van der Waals surface area contributed by atoms with Gasteiger partial charge in [-0.2, -0.15) is 0 Å². The fraction of sp³-hybridized carbons (Fsp3) is 0.611. The van der Waals surface area contributed by atoms with Gasteiger partial charge in [0.25, 0.3) is 5.91 Å². The summed E-state index contributed by atoms with van der Waals surface area (Å²) in [5.41, 5.74) is 2.92. The molecule has 21 heavy (non-hydrogen) atoms. The fourth-order valence-electron chi connectivity index (χ4n) is 3.29. The highest BCUT2D eigenvalue weighted by molar-refractivity contribution is 5.99. The van der Waals surface area contributed by atoms with E-state index in [9.17, 15) is 4.79 Å². The lowest BCUT2D eigenvalue weighted by Gasteiger charge is -2.22. The second-order valence-corrected chi connectivity index (χ2v) is 6.18. The van der Waals surface area contributed by atoms with Crippen molar-refractivity contribution in [2.75, 3.05) is 25.5 Å². The number of amides is 1. The molecule has 1 aromatic carbocycles. The molecule has 1 aliphatic heterocycles. The summed E-state index contributed by atoms with van der Waals surface area (Å²) < 4.78 is 0. The van der Waals surface area contributed by atoms with Crippen molar-refractivity contribution in [3.05, 3.63) is 29.3 Å². The molecule has 0 saturated carbocycles. The Hall–Kier alpha value is -1.51. The Labute approximate surface area is 128 Å². The average molecular weight is 288 g/mol. The van der Waals surface area contributed by atoms with Gasteiger partial charge in [0.1, 0.15) is 0 Å². The first-order valence-corrected chi connectivity index (χ1v) is 8.23. The molecule has 116 valence electrons. The lowest BCUT2D eigenvalue weighted by atomic mass is 9.96. The van der Waals surface area contributed by atoms with E-state index < -0.39 is 0 Å². The van der Waals surface area contributed by atoms with Crippen LogP contribution in [-0.2, 0) is 0 Å². The quantitative estimate of drug-likeness (QED) is 0.905. The number of nitrogens with zero attached hydrogens (tertiary/aromatic N) is 1. The number of nitrogens with one attached hydrogen (secondary N) is 1. The van der Waals surface area contributed by atoms with Crippen LogP contribution in [0.25, 0.3) is 0 Å². The van der Waals surface area contributed by atoms with Crippen molar-refractivity contribution in [1.29, 1.82) is 0 Å². The summed E-state index contributed by atoms with van der Waals surface area (Å²) >= 11 is 0. The summed E-state index contributed by atoms with van der Waals surface area (Å²) in [6.07, 6.45) is 6.11. The lowest BCUT2D eigenvalue weighted by Crippen LogP contribution is -2.32. The predicted molar refractivity (Wildman–Crippen MR) is 88.9 cm³/mol. The Kier molecular flexibility index (Phi) is 5.66. The van der Waals surface area contributed by atoms with Crippen molar-refractivity contribution in [1.82, 2.24) is 4.90 Å². The minimum Gasteiger partial charge on any atom is -0.387 e. The number of anilines is 1. The molecule has 1 amide bonds. The molecule has 1 saturated heterocycles. The monoisotopic (exact) mass is 288 g/mol. The number of rotatable bonds is 4. The smallest absolute Gasteiger partial charge is 0.255 e. The Morgan fingerprint density at radius 1 is 1.33 bits per heavy atom. The molecule has 1 unspecified atom stereocenters. The van der Waals surface area contributed by atoms with Crippen molar-refractivity contribution in [2.24, 2.45) is 5.92 Å². The van der Waals surface area contributed by atoms with E-state index in [0.29, 0.717) is 0 Å². The van der Waals surface area contributed by atoms with Crippen LogP contribution in [0.15, 0.2) is 18.2 Å². The molecule has 0 radical (unpaired) electrons. The van der Waals surface area contributed by atoms with Gasteiger partial charge in [-0.25, -0.2) is 0 Å². The molecule has 1 N–H and O–H groups in total. The van der Waals surface area contributed by atoms with Crippen molar-refractivity contribution >= 4 is 11.6 Å². The predicted octanol–water partition coefficient (Wildman–Crippen LogP) is 4.08. The zero-order valence-corrected chi connectivity index (χ0v) is 13.6. The van der Waals surface area contributed by atoms with E-state index in [1.165, 1.54) is 24.8 Å². The summed E-state index contributed by atoms with van der Waals surface area (Å²) in [7, 11) is 1.88. The lowest BCUT2D eigenvalue weighted by molar-refractivity contribution is 0.0761. The maximum atomic E-state index is 12.8. The third-order valence-corrected chi connectivity index (χ3v) is 4.51. The van der Waals surface area contributed by atoms with Crippen molar-refractivity contribution in [3.63, 3.8) is 0 Å². The molecule has 0 spiro atoms. The Balaban J connectivity index is 2.09. The van der Waals surface area contributed by atoms with E-state index in [2.05, 4.69) is 19.2 Å². The maximum Gasteiger partial charge on any atom is 0.255 e. The Morgan fingerprint density at radius 3 is 2.86 bits per heavy atom. The number of aryl methyl sites for hydroxylation is 1. The fourth-order valence-corrected chi connectivity index (χ4v) is 3.29. The van der Waals surface area contributed by atoms with Gasteiger partial charge < -0.3 is 10.2 Å². The zero-order valence-electron chi connectivity index (χ0n) is 13.6. The van der Waals surface area contributed by atoms with Gasteiger partial charge >= 0.3 is 0 Å².